The summed E-state index contributed by atoms with van der Waals surface area (Å²) >= 11 is 0. The zero-order valence-electron chi connectivity index (χ0n) is 20.3. The van der Waals surface area contributed by atoms with Crippen LogP contribution in [0.5, 0.6) is 0 Å². The third-order valence-corrected chi connectivity index (χ3v) is 6.18. The fourth-order valence-corrected chi connectivity index (χ4v) is 4.36. The molecule has 1 amide bonds. The summed E-state index contributed by atoms with van der Waals surface area (Å²) in [7, 11) is 3.36. The summed E-state index contributed by atoms with van der Waals surface area (Å²) < 4.78 is 41.2. The monoisotopic (exact) mass is 486 g/mol. The fourth-order valence-electron chi connectivity index (χ4n) is 4.36. The molecule has 1 N–H and O–H groups in total. The third-order valence-electron chi connectivity index (χ3n) is 6.18. The molecule has 0 radical (unpaired) electrons. The Balaban J connectivity index is 1.81. The van der Waals surface area contributed by atoms with E-state index in [1.165, 1.54) is 17.0 Å². The Morgan fingerprint density at radius 1 is 1.09 bits per heavy atom. The molecule has 4 rings (SSSR count). The van der Waals surface area contributed by atoms with Crippen molar-refractivity contribution in [2.45, 2.75) is 45.6 Å². The zero-order chi connectivity index (χ0) is 25.3. The molecule has 1 fully saturated rings. The van der Waals surface area contributed by atoms with Gasteiger partial charge in [0.1, 0.15) is 23.3 Å². The molecular weight excluding hydrogens is 457 g/mol. The van der Waals surface area contributed by atoms with Crippen LogP contribution in [0.1, 0.15) is 66.0 Å². The quantitative estimate of drug-likeness (QED) is 0.511. The number of alkyl halides is 2. The third kappa shape index (κ3) is 5.01. The van der Waals surface area contributed by atoms with Gasteiger partial charge in [0.15, 0.2) is 5.65 Å². The Bertz CT molecular complexity index is 1240. The van der Waals surface area contributed by atoms with Gasteiger partial charge < -0.3 is 15.1 Å². The van der Waals surface area contributed by atoms with Crippen LogP contribution in [0.2, 0.25) is 0 Å². The highest BCUT2D eigenvalue weighted by Gasteiger charge is 2.25. The van der Waals surface area contributed by atoms with Gasteiger partial charge in [-0.05, 0) is 39.2 Å². The number of aromatic nitrogens is 3. The van der Waals surface area contributed by atoms with Gasteiger partial charge in [0.2, 0.25) is 0 Å². The summed E-state index contributed by atoms with van der Waals surface area (Å²) in [5.74, 6) is 0.232. The van der Waals surface area contributed by atoms with E-state index >= 15 is 0 Å². The predicted octanol–water partition coefficient (Wildman–Crippen LogP) is 5.28. The Morgan fingerprint density at radius 3 is 2.43 bits per heavy atom. The molecule has 0 spiro atoms. The highest BCUT2D eigenvalue weighted by atomic mass is 19.3. The van der Waals surface area contributed by atoms with Gasteiger partial charge in [-0.15, -0.1) is 0 Å². The van der Waals surface area contributed by atoms with E-state index in [1.54, 1.807) is 34.0 Å². The van der Waals surface area contributed by atoms with Crippen LogP contribution in [0.15, 0.2) is 24.3 Å². The number of rotatable bonds is 6. The van der Waals surface area contributed by atoms with E-state index in [1.807, 2.05) is 0 Å². The van der Waals surface area contributed by atoms with Gasteiger partial charge in [0.05, 0.1) is 22.6 Å². The molecule has 1 aliphatic rings. The van der Waals surface area contributed by atoms with Crippen molar-refractivity contribution in [1.82, 2.24) is 19.9 Å². The lowest BCUT2D eigenvalue weighted by Crippen LogP contribution is -2.33. The molecule has 0 aliphatic carbocycles. The number of carbonyl (C=O) groups is 1. The second-order valence-corrected chi connectivity index (χ2v) is 9.01. The number of carbonyl (C=O) groups excluding carboxylic acids is 1. The summed E-state index contributed by atoms with van der Waals surface area (Å²) in [4.78, 5) is 30.4. The molecule has 3 aromatic rings. The summed E-state index contributed by atoms with van der Waals surface area (Å²) in [5.41, 5.74) is 0.282. The lowest BCUT2D eigenvalue weighted by molar-refractivity contribution is 0.0828. The Labute approximate surface area is 202 Å². The predicted molar refractivity (Wildman–Crippen MR) is 130 cm³/mol. The molecule has 0 bridgehead atoms. The van der Waals surface area contributed by atoms with Crippen molar-refractivity contribution in [3.8, 4) is 0 Å². The molecule has 2 aromatic heterocycles. The molecule has 10 heteroatoms. The number of fused-ring (bicyclic) bond motifs is 1. The van der Waals surface area contributed by atoms with Gasteiger partial charge in [0, 0.05) is 32.7 Å². The molecule has 186 valence electrons. The minimum atomic E-state index is -2.92. The normalized spacial score (nSPS) is 14.9. The van der Waals surface area contributed by atoms with E-state index in [2.05, 4.69) is 20.2 Å². The first kappa shape index (κ1) is 24.7. The molecule has 1 aromatic carbocycles. The number of piperidine rings is 1. The van der Waals surface area contributed by atoms with Gasteiger partial charge >= 0.3 is 0 Å². The van der Waals surface area contributed by atoms with E-state index in [4.69, 9.17) is 4.98 Å². The first-order valence-electron chi connectivity index (χ1n) is 11.7. The van der Waals surface area contributed by atoms with Crippen molar-refractivity contribution in [1.29, 1.82) is 0 Å². The molecule has 35 heavy (non-hydrogen) atoms. The van der Waals surface area contributed by atoms with Crippen LogP contribution in [0.25, 0.3) is 11.0 Å². The largest absolute Gasteiger partial charge is 0.363 e. The number of nitrogens with one attached hydrogen (secondary N) is 1. The number of benzene rings is 1. The topological polar surface area (TPSA) is 74.2 Å². The van der Waals surface area contributed by atoms with Crippen LogP contribution in [0.3, 0.4) is 0 Å². The van der Waals surface area contributed by atoms with E-state index in [0.717, 1.165) is 38.4 Å². The fraction of sp³-hybridized carbons (Fsp3) is 0.440. The van der Waals surface area contributed by atoms with Crippen molar-refractivity contribution in [3.05, 3.63) is 52.6 Å². The van der Waals surface area contributed by atoms with E-state index in [0.29, 0.717) is 34.1 Å². The number of halogens is 3. The molecule has 7 nitrogen and oxygen atoms in total. The van der Waals surface area contributed by atoms with Crippen LogP contribution >= 0.6 is 0 Å². The van der Waals surface area contributed by atoms with Crippen LogP contribution in [0, 0.1) is 12.7 Å². The highest BCUT2D eigenvalue weighted by molar-refractivity contribution is 6.03. The van der Waals surface area contributed by atoms with Crippen LogP contribution in [-0.2, 0) is 0 Å². The number of hydrogen-bond donors (Lipinski definition) is 1. The van der Waals surface area contributed by atoms with Crippen LogP contribution in [0.4, 0.5) is 24.8 Å². The molecule has 0 unspecified atom stereocenters. The lowest BCUT2D eigenvalue weighted by Gasteiger charge is -2.30. The average molecular weight is 487 g/mol. The number of pyridine rings is 1. The number of amides is 1. The lowest BCUT2D eigenvalue weighted by atomic mass is 10.0. The average Bonchev–Trinajstić information content (AvgIpc) is 2.83. The summed E-state index contributed by atoms with van der Waals surface area (Å²) in [6.45, 7) is 4.99. The minimum Gasteiger partial charge on any atom is -0.363 e. The Hall–Kier alpha value is -3.43. The smallest absolute Gasteiger partial charge is 0.266 e. The van der Waals surface area contributed by atoms with Gasteiger partial charge in [0.25, 0.3) is 12.3 Å². The molecule has 1 saturated heterocycles. The maximum absolute atomic E-state index is 14.8. The first-order chi connectivity index (χ1) is 16.7. The first-order valence-corrected chi connectivity index (χ1v) is 11.7. The van der Waals surface area contributed by atoms with E-state index in [9.17, 15) is 18.0 Å². The minimum absolute atomic E-state index is 0.0923. The van der Waals surface area contributed by atoms with Gasteiger partial charge in [-0.25, -0.2) is 28.1 Å². The number of nitrogens with zero attached hydrogens (tertiary/aromatic N) is 5. The van der Waals surface area contributed by atoms with Gasteiger partial charge in [-0.3, -0.25) is 4.79 Å². The number of anilines is 2. The maximum Gasteiger partial charge on any atom is 0.266 e. The summed E-state index contributed by atoms with van der Waals surface area (Å²) in [6.07, 6.45) is 0.260. The number of hydrogen-bond acceptors (Lipinski definition) is 6. The standard InChI is InChI=1S/C25H29F3N6O/c1-14(16-9-8-10-17(20(16)26)21(27)28)29-22-18-13-19(25(35)33(3)4)24(34-11-6-5-7-12-34)32-23(18)31-15(2)30-22/h8-10,13-14,21H,5-7,11-12H2,1-4H3,(H,29,30,31,32)/t14-/m1/s1. The van der Waals surface area contributed by atoms with Crippen molar-refractivity contribution in [3.63, 3.8) is 0 Å². The summed E-state index contributed by atoms with van der Waals surface area (Å²) in [6, 6.07) is 4.98. The van der Waals surface area contributed by atoms with Crippen molar-refractivity contribution in [2.24, 2.45) is 0 Å². The SMILES string of the molecule is Cc1nc(N[C@H](C)c2cccc(C(F)F)c2F)c2cc(C(=O)N(C)C)c(N3CCCCC3)nc2n1. The molecule has 1 atom stereocenters. The molecule has 3 heterocycles. The molecular formula is C25H29F3N6O. The van der Waals surface area contributed by atoms with Crippen LogP contribution in [-0.4, -0.2) is 52.9 Å². The zero-order valence-corrected chi connectivity index (χ0v) is 20.3. The highest BCUT2D eigenvalue weighted by Crippen LogP contribution is 2.32. The summed E-state index contributed by atoms with van der Waals surface area (Å²) in [5, 5.41) is 3.63. The second-order valence-electron chi connectivity index (χ2n) is 9.01. The van der Waals surface area contributed by atoms with Gasteiger partial charge in [-0.2, -0.15) is 0 Å². The van der Waals surface area contributed by atoms with E-state index < -0.39 is 23.8 Å². The Morgan fingerprint density at radius 2 is 1.77 bits per heavy atom. The number of aryl methyl sites for hydroxylation is 1. The van der Waals surface area contributed by atoms with Gasteiger partial charge in [-0.1, -0.05) is 18.2 Å². The van der Waals surface area contributed by atoms with Crippen molar-refractivity contribution in [2.75, 3.05) is 37.4 Å². The second kappa shape index (κ2) is 10.1. The Kier molecular flexibility index (Phi) is 7.09. The molecule has 0 saturated carbocycles. The van der Waals surface area contributed by atoms with Crippen molar-refractivity contribution >= 4 is 28.6 Å². The van der Waals surface area contributed by atoms with E-state index in [-0.39, 0.29) is 11.5 Å². The van der Waals surface area contributed by atoms with Crippen LogP contribution < -0.4 is 10.2 Å². The maximum atomic E-state index is 14.8. The molecule has 1 aliphatic heterocycles. The van der Waals surface area contributed by atoms with Crippen molar-refractivity contribution < 1.29 is 18.0 Å².